The predicted molar refractivity (Wildman–Crippen MR) is 102 cm³/mol. The SMILES string of the molecule is C[C@H](CCc1ccccc1)Sc1nnc(-c2c[nH]c3ccccc23)o1. The minimum atomic E-state index is 0.413. The average molecular weight is 349 g/mol. The third-order valence-corrected chi connectivity index (χ3v) is 5.22. The standard InChI is InChI=1S/C20H19N3OS/c1-14(11-12-15-7-3-2-4-8-15)25-20-23-22-19(24-20)17-13-21-18-10-6-5-9-16(17)18/h2-10,13-14,21H,11-12H2,1H3/t14-/m1/s1. The zero-order valence-corrected chi connectivity index (χ0v) is 14.8. The molecule has 4 aromatic rings. The summed E-state index contributed by atoms with van der Waals surface area (Å²) in [6.07, 6.45) is 4.05. The van der Waals surface area contributed by atoms with Crippen molar-refractivity contribution in [1.29, 1.82) is 0 Å². The first-order chi connectivity index (χ1) is 12.3. The molecule has 2 heterocycles. The highest BCUT2D eigenvalue weighted by Gasteiger charge is 2.15. The number of aromatic amines is 1. The molecule has 0 radical (unpaired) electrons. The molecule has 0 aliphatic heterocycles. The van der Waals surface area contributed by atoms with Gasteiger partial charge in [0.2, 0.25) is 0 Å². The first-order valence-electron chi connectivity index (χ1n) is 8.40. The Balaban J connectivity index is 1.43. The summed E-state index contributed by atoms with van der Waals surface area (Å²) in [4.78, 5) is 3.24. The van der Waals surface area contributed by atoms with E-state index < -0.39 is 0 Å². The van der Waals surface area contributed by atoms with Crippen molar-refractivity contribution < 1.29 is 4.42 Å². The molecule has 126 valence electrons. The first-order valence-corrected chi connectivity index (χ1v) is 9.28. The summed E-state index contributed by atoms with van der Waals surface area (Å²) in [5, 5.41) is 10.6. The van der Waals surface area contributed by atoms with Crippen molar-refractivity contribution in [3.63, 3.8) is 0 Å². The summed E-state index contributed by atoms with van der Waals surface area (Å²) in [5.41, 5.74) is 3.38. The molecule has 2 aromatic carbocycles. The smallest absolute Gasteiger partial charge is 0.277 e. The molecule has 0 aliphatic carbocycles. The van der Waals surface area contributed by atoms with Gasteiger partial charge in [-0.25, -0.2) is 0 Å². The van der Waals surface area contributed by atoms with Crippen molar-refractivity contribution in [3.05, 3.63) is 66.4 Å². The van der Waals surface area contributed by atoms with Gasteiger partial charge in [-0.15, -0.1) is 10.2 Å². The molecule has 2 aromatic heterocycles. The number of thioether (sulfide) groups is 1. The van der Waals surface area contributed by atoms with E-state index in [9.17, 15) is 0 Å². The summed E-state index contributed by atoms with van der Waals surface area (Å²) >= 11 is 1.64. The number of benzene rings is 2. The Bertz CT molecular complexity index is 961. The van der Waals surface area contributed by atoms with E-state index in [0.717, 1.165) is 29.3 Å². The Kier molecular flexibility index (Phi) is 4.57. The fourth-order valence-corrected chi connectivity index (χ4v) is 3.66. The van der Waals surface area contributed by atoms with Gasteiger partial charge in [0.25, 0.3) is 11.1 Å². The minimum Gasteiger partial charge on any atom is -0.411 e. The maximum absolute atomic E-state index is 5.88. The van der Waals surface area contributed by atoms with Crippen LogP contribution in [0.3, 0.4) is 0 Å². The van der Waals surface area contributed by atoms with E-state index in [-0.39, 0.29) is 0 Å². The predicted octanol–water partition coefficient (Wildman–Crippen LogP) is 5.33. The van der Waals surface area contributed by atoms with Gasteiger partial charge in [0.15, 0.2) is 0 Å². The van der Waals surface area contributed by atoms with Gasteiger partial charge in [0, 0.05) is 22.3 Å². The van der Waals surface area contributed by atoms with Gasteiger partial charge in [0.05, 0.1) is 5.56 Å². The van der Waals surface area contributed by atoms with Crippen LogP contribution in [0.5, 0.6) is 0 Å². The lowest BCUT2D eigenvalue weighted by molar-refractivity contribution is 0.465. The fourth-order valence-electron chi connectivity index (χ4n) is 2.86. The van der Waals surface area contributed by atoms with Crippen LogP contribution in [-0.2, 0) is 6.42 Å². The Morgan fingerprint density at radius 3 is 2.72 bits per heavy atom. The van der Waals surface area contributed by atoms with Crippen LogP contribution >= 0.6 is 11.8 Å². The quantitative estimate of drug-likeness (QED) is 0.478. The Morgan fingerprint density at radius 2 is 1.84 bits per heavy atom. The van der Waals surface area contributed by atoms with Crippen molar-refractivity contribution in [2.24, 2.45) is 0 Å². The molecule has 5 heteroatoms. The summed E-state index contributed by atoms with van der Waals surface area (Å²) in [5.74, 6) is 0.565. The molecule has 25 heavy (non-hydrogen) atoms. The summed E-state index contributed by atoms with van der Waals surface area (Å²) in [7, 11) is 0. The molecular weight excluding hydrogens is 330 g/mol. The number of aromatic nitrogens is 3. The van der Waals surface area contributed by atoms with E-state index in [0.29, 0.717) is 16.4 Å². The van der Waals surface area contributed by atoms with Crippen LogP contribution < -0.4 is 0 Å². The highest BCUT2D eigenvalue weighted by molar-refractivity contribution is 7.99. The number of para-hydroxylation sites is 1. The number of nitrogens with zero attached hydrogens (tertiary/aromatic N) is 2. The van der Waals surface area contributed by atoms with Crippen molar-refractivity contribution in [1.82, 2.24) is 15.2 Å². The van der Waals surface area contributed by atoms with Gasteiger partial charge in [-0.1, -0.05) is 67.2 Å². The first kappa shape index (κ1) is 16.0. The van der Waals surface area contributed by atoms with E-state index in [1.807, 2.05) is 30.5 Å². The second-order valence-corrected chi connectivity index (χ2v) is 7.46. The van der Waals surface area contributed by atoms with Gasteiger partial charge in [-0.05, 0) is 24.5 Å². The molecule has 0 spiro atoms. The van der Waals surface area contributed by atoms with E-state index >= 15 is 0 Å². The molecule has 0 saturated carbocycles. The van der Waals surface area contributed by atoms with Crippen LogP contribution in [0.25, 0.3) is 22.4 Å². The van der Waals surface area contributed by atoms with Gasteiger partial charge < -0.3 is 9.40 Å². The van der Waals surface area contributed by atoms with Crippen molar-refractivity contribution >= 4 is 22.7 Å². The van der Waals surface area contributed by atoms with Crippen LogP contribution in [0.1, 0.15) is 18.9 Å². The maximum Gasteiger partial charge on any atom is 0.277 e. The molecule has 1 N–H and O–H groups in total. The highest BCUT2D eigenvalue weighted by Crippen LogP contribution is 2.31. The van der Waals surface area contributed by atoms with Crippen LogP contribution in [0.15, 0.2) is 70.4 Å². The Hall–Kier alpha value is -2.53. The van der Waals surface area contributed by atoms with E-state index in [1.165, 1.54) is 5.56 Å². The van der Waals surface area contributed by atoms with Crippen molar-refractivity contribution in [2.75, 3.05) is 0 Å². The number of fused-ring (bicyclic) bond motifs is 1. The van der Waals surface area contributed by atoms with Crippen LogP contribution in [0, 0.1) is 0 Å². The normalized spacial score (nSPS) is 12.5. The van der Waals surface area contributed by atoms with Gasteiger partial charge in [-0.3, -0.25) is 0 Å². The largest absolute Gasteiger partial charge is 0.411 e. The molecule has 0 unspecified atom stereocenters. The monoisotopic (exact) mass is 349 g/mol. The molecule has 0 saturated heterocycles. The number of hydrogen-bond acceptors (Lipinski definition) is 4. The van der Waals surface area contributed by atoms with Crippen molar-refractivity contribution in [2.45, 2.75) is 30.2 Å². The van der Waals surface area contributed by atoms with E-state index in [4.69, 9.17) is 4.42 Å². The zero-order chi connectivity index (χ0) is 17.1. The Labute approximate surface area is 150 Å². The minimum absolute atomic E-state index is 0.413. The van der Waals surface area contributed by atoms with Crippen molar-refractivity contribution in [3.8, 4) is 11.5 Å². The number of H-pyrrole nitrogens is 1. The van der Waals surface area contributed by atoms with Gasteiger partial charge in [-0.2, -0.15) is 0 Å². The molecule has 1 atom stereocenters. The molecule has 0 amide bonds. The van der Waals surface area contributed by atoms with Crippen LogP contribution in [0.4, 0.5) is 0 Å². The lowest BCUT2D eigenvalue weighted by Gasteiger charge is -2.07. The molecular formula is C20H19N3OS. The summed E-state index contributed by atoms with van der Waals surface area (Å²) in [6, 6.07) is 18.7. The number of rotatable bonds is 6. The molecule has 4 nitrogen and oxygen atoms in total. The third kappa shape index (κ3) is 3.61. The van der Waals surface area contributed by atoms with Gasteiger partial charge in [0.1, 0.15) is 0 Å². The molecule has 0 aliphatic rings. The topological polar surface area (TPSA) is 54.7 Å². The van der Waals surface area contributed by atoms with Crippen LogP contribution in [-0.4, -0.2) is 20.4 Å². The highest BCUT2D eigenvalue weighted by atomic mass is 32.2. The lowest BCUT2D eigenvalue weighted by atomic mass is 10.1. The fraction of sp³-hybridized carbons (Fsp3) is 0.200. The van der Waals surface area contributed by atoms with Crippen LogP contribution in [0.2, 0.25) is 0 Å². The number of aryl methyl sites for hydroxylation is 1. The van der Waals surface area contributed by atoms with Gasteiger partial charge >= 0.3 is 0 Å². The lowest BCUT2D eigenvalue weighted by Crippen LogP contribution is -1.98. The third-order valence-electron chi connectivity index (χ3n) is 4.21. The second kappa shape index (κ2) is 7.15. The molecule has 0 fully saturated rings. The summed E-state index contributed by atoms with van der Waals surface area (Å²) < 4.78 is 5.88. The Morgan fingerprint density at radius 1 is 1.04 bits per heavy atom. The van der Waals surface area contributed by atoms with E-state index in [2.05, 4.69) is 52.4 Å². The zero-order valence-electron chi connectivity index (χ0n) is 14.0. The molecule has 4 rings (SSSR count). The second-order valence-electron chi connectivity index (χ2n) is 6.07. The molecule has 0 bridgehead atoms. The summed E-state index contributed by atoms with van der Waals surface area (Å²) in [6.45, 7) is 2.20. The number of hydrogen-bond donors (Lipinski definition) is 1. The average Bonchev–Trinajstić information content (AvgIpc) is 3.27. The maximum atomic E-state index is 5.88. The van der Waals surface area contributed by atoms with E-state index in [1.54, 1.807) is 11.8 Å². The number of nitrogens with one attached hydrogen (secondary N) is 1.